The first-order valence-electron chi connectivity index (χ1n) is 11.7. The van der Waals surface area contributed by atoms with Crippen LogP contribution < -0.4 is 10.9 Å². The zero-order valence-corrected chi connectivity index (χ0v) is 21.4. The highest BCUT2D eigenvalue weighted by Gasteiger charge is 2.34. The van der Waals surface area contributed by atoms with Gasteiger partial charge in [-0.05, 0) is 42.1 Å². The minimum atomic E-state index is -1.31. The summed E-state index contributed by atoms with van der Waals surface area (Å²) in [5, 5.41) is 16.7. The number of hydrogen-bond donors (Lipinski definition) is 2. The number of Topliss-reactive ketones (excluding diaryl/α,β-unsaturated/α-hetero) is 1. The number of ether oxygens (including phenoxy) is 1. The van der Waals surface area contributed by atoms with E-state index in [1.807, 2.05) is 0 Å². The summed E-state index contributed by atoms with van der Waals surface area (Å²) in [5.41, 5.74) is 0.295. The van der Waals surface area contributed by atoms with Crippen LogP contribution in [-0.4, -0.2) is 49.4 Å². The molecule has 12 heteroatoms. The molecule has 36 heavy (non-hydrogen) atoms. The molecular weight excluding hydrogens is 509 g/mol. The quantitative estimate of drug-likeness (QED) is 0.446. The molecule has 1 amide bonds. The van der Waals surface area contributed by atoms with E-state index in [1.165, 1.54) is 15.3 Å². The molecule has 0 bridgehead atoms. The van der Waals surface area contributed by atoms with Crippen LogP contribution in [0.25, 0.3) is 5.52 Å². The highest BCUT2D eigenvalue weighted by atomic mass is 35.5. The summed E-state index contributed by atoms with van der Waals surface area (Å²) in [6.07, 6.45) is 1.67. The Labute approximate surface area is 217 Å². The van der Waals surface area contributed by atoms with Gasteiger partial charge >= 0.3 is 6.09 Å². The number of carboxylic acid groups (broad SMARTS) is 1. The van der Waals surface area contributed by atoms with E-state index in [0.717, 1.165) is 12.8 Å². The Balaban J connectivity index is 1.77. The van der Waals surface area contributed by atoms with Crippen molar-refractivity contribution >= 4 is 40.6 Å². The van der Waals surface area contributed by atoms with Gasteiger partial charge < -0.3 is 15.2 Å². The lowest BCUT2D eigenvalue weighted by molar-refractivity contribution is -0.127. The average Bonchev–Trinajstić information content (AvgIpc) is 3.27. The molecule has 4 rings (SSSR count). The molecule has 1 saturated heterocycles. The Hall–Kier alpha value is -2.95. The molecule has 3 aromatic rings. The van der Waals surface area contributed by atoms with Crippen LogP contribution in [0.5, 0.6) is 0 Å². The van der Waals surface area contributed by atoms with Crippen LogP contribution in [0, 0.1) is 11.8 Å². The highest BCUT2D eigenvalue weighted by molar-refractivity contribution is 6.30. The second-order valence-corrected chi connectivity index (χ2v) is 9.90. The number of imidazole rings is 1. The zero-order valence-electron chi connectivity index (χ0n) is 19.9. The topological polar surface area (TPSA) is 128 Å². The van der Waals surface area contributed by atoms with E-state index in [1.54, 1.807) is 38.1 Å². The summed E-state index contributed by atoms with van der Waals surface area (Å²) in [4.78, 5) is 43.0. The molecule has 1 aromatic carbocycles. The summed E-state index contributed by atoms with van der Waals surface area (Å²) in [5.74, 6) is -0.880. The fourth-order valence-corrected chi connectivity index (χ4v) is 4.91. The SMILES string of the molecule is CC(C)C(=O)C(Cn1c(Cl)nn2c(C3CCOCC3)ncc2c1=O)[C@@H](NC(=O)O)c1ccc(Cl)cc1. The molecule has 1 aliphatic heterocycles. The van der Waals surface area contributed by atoms with Gasteiger partial charge in [-0.1, -0.05) is 37.6 Å². The van der Waals surface area contributed by atoms with E-state index in [9.17, 15) is 19.5 Å². The molecule has 192 valence electrons. The van der Waals surface area contributed by atoms with Gasteiger partial charge in [-0.2, -0.15) is 0 Å². The number of amides is 1. The van der Waals surface area contributed by atoms with Gasteiger partial charge in [-0.25, -0.2) is 14.3 Å². The summed E-state index contributed by atoms with van der Waals surface area (Å²) in [6.45, 7) is 4.47. The molecule has 0 radical (unpaired) electrons. The average molecular weight is 536 g/mol. The minimum absolute atomic E-state index is 0.0874. The summed E-state index contributed by atoms with van der Waals surface area (Å²) >= 11 is 12.5. The predicted molar refractivity (Wildman–Crippen MR) is 134 cm³/mol. The molecule has 1 aliphatic rings. The van der Waals surface area contributed by atoms with Gasteiger partial charge in [-0.15, -0.1) is 5.10 Å². The smallest absolute Gasteiger partial charge is 0.405 e. The fraction of sp³-hybridized carbons (Fsp3) is 0.458. The van der Waals surface area contributed by atoms with Gasteiger partial charge in [0, 0.05) is 36.6 Å². The van der Waals surface area contributed by atoms with Crippen LogP contribution in [0.15, 0.2) is 35.3 Å². The van der Waals surface area contributed by atoms with E-state index in [-0.39, 0.29) is 29.0 Å². The van der Waals surface area contributed by atoms with E-state index < -0.39 is 29.5 Å². The summed E-state index contributed by atoms with van der Waals surface area (Å²) < 4.78 is 8.08. The summed E-state index contributed by atoms with van der Waals surface area (Å²) in [7, 11) is 0. The van der Waals surface area contributed by atoms with E-state index in [2.05, 4.69) is 15.4 Å². The van der Waals surface area contributed by atoms with Gasteiger partial charge in [0.15, 0.2) is 5.52 Å². The largest absolute Gasteiger partial charge is 0.465 e. The maximum Gasteiger partial charge on any atom is 0.405 e. The first-order valence-corrected chi connectivity index (χ1v) is 12.4. The predicted octanol–water partition coefficient (Wildman–Crippen LogP) is 3.94. The van der Waals surface area contributed by atoms with Crippen LogP contribution in [0.4, 0.5) is 4.79 Å². The first kappa shape index (κ1) is 26.1. The van der Waals surface area contributed by atoms with Crippen molar-refractivity contribution in [2.45, 2.75) is 45.2 Å². The molecule has 2 N–H and O–H groups in total. The van der Waals surface area contributed by atoms with Crippen LogP contribution in [0.3, 0.4) is 0 Å². The van der Waals surface area contributed by atoms with Crippen LogP contribution in [0.2, 0.25) is 10.3 Å². The third-order valence-electron chi connectivity index (χ3n) is 6.44. The van der Waals surface area contributed by atoms with Crippen molar-refractivity contribution in [2.75, 3.05) is 13.2 Å². The normalized spacial score (nSPS) is 16.2. The number of benzene rings is 1. The second kappa shape index (κ2) is 11.0. The van der Waals surface area contributed by atoms with Crippen LogP contribution in [-0.2, 0) is 16.1 Å². The molecule has 1 fully saturated rings. The molecule has 0 saturated carbocycles. The fourth-order valence-electron chi connectivity index (χ4n) is 4.57. The standard InChI is InChI=1S/C24H27Cl2N5O5/c1-13(2)20(32)17(19(28-24(34)35)14-3-5-16(25)6-4-14)12-30-22(33)18-11-27-21(31(18)29-23(30)26)15-7-9-36-10-8-15/h3-6,11,13,15,17,19,28H,7-10,12H2,1-2H3,(H,34,35)/t17?,19-/m0/s1. The van der Waals surface area contributed by atoms with Gasteiger partial charge in [0.25, 0.3) is 5.56 Å². The van der Waals surface area contributed by atoms with Gasteiger partial charge in [-0.3, -0.25) is 14.2 Å². The molecular formula is C24H27Cl2N5O5. The third kappa shape index (κ3) is 5.40. The number of aromatic nitrogens is 4. The minimum Gasteiger partial charge on any atom is -0.465 e. The van der Waals surface area contributed by atoms with Crippen molar-refractivity contribution < 1.29 is 19.4 Å². The number of carbonyl (C=O) groups is 2. The van der Waals surface area contributed by atoms with Gasteiger partial charge in [0.1, 0.15) is 11.6 Å². The summed E-state index contributed by atoms with van der Waals surface area (Å²) in [6, 6.07) is 5.57. The number of nitrogens with one attached hydrogen (secondary N) is 1. The van der Waals surface area contributed by atoms with E-state index >= 15 is 0 Å². The van der Waals surface area contributed by atoms with Crippen molar-refractivity contribution in [3.8, 4) is 0 Å². The van der Waals surface area contributed by atoms with E-state index in [4.69, 9.17) is 27.9 Å². The molecule has 3 heterocycles. The monoisotopic (exact) mass is 535 g/mol. The lowest BCUT2D eigenvalue weighted by Crippen LogP contribution is -2.41. The molecule has 0 spiro atoms. The van der Waals surface area contributed by atoms with Crippen molar-refractivity contribution in [2.24, 2.45) is 11.8 Å². The number of hydrogen-bond acceptors (Lipinski definition) is 6. The number of carbonyl (C=O) groups excluding carboxylic acids is 1. The Kier molecular flexibility index (Phi) is 7.97. The van der Waals surface area contributed by atoms with Crippen molar-refractivity contribution in [3.63, 3.8) is 0 Å². The van der Waals surface area contributed by atoms with Gasteiger partial charge in [0.2, 0.25) is 5.28 Å². The molecule has 2 aromatic heterocycles. The van der Waals surface area contributed by atoms with Crippen molar-refractivity contribution in [1.29, 1.82) is 0 Å². The lowest BCUT2D eigenvalue weighted by atomic mass is 9.85. The lowest BCUT2D eigenvalue weighted by Gasteiger charge is -2.28. The van der Waals surface area contributed by atoms with Crippen LogP contribution in [0.1, 0.15) is 50.0 Å². The number of nitrogens with zero attached hydrogens (tertiary/aromatic N) is 4. The van der Waals surface area contributed by atoms with Crippen molar-refractivity contribution in [1.82, 2.24) is 24.5 Å². The molecule has 10 nitrogen and oxygen atoms in total. The Morgan fingerprint density at radius 1 is 1.19 bits per heavy atom. The third-order valence-corrected chi connectivity index (χ3v) is 6.98. The number of rotatable bonds is 8. The number of fused-ring (bicyclic) bond motifs is 1. The highest BCUT2D eigenvalue weighted by Crippen LogP contribution is 2.29. The van der Waals surface area contributed by atoms with Crippen LogP contribution >= 0.6 is 23.2 Å². The number of ketones is 1. The van der Waals surface area contributed by atoms with Gasteiger partial charge in [0.05, 0.1) is 18.2 Å². The Bertz CT molecular complexity index is 1310. The van der Waals surface area contributed by atoms with E-state index in [0.29, 0.717) is 29.6 Å². The number of halogens is 2. The molecule has 1 unspecified atom stereocenters. The maximum absolute atomic E-state index is 13.5. The Morgan fingerprint density at radius 3 is 2.47 bits per heavy atom. The maximum atomic E-state index is 13.5. The first-order chi connectivity index (χ1) is 17.2. The van der Waals surface area contributed by atoms with Crippen molar-refractivity contribution in [3.05, 3.63) is 62.5 Å². The zero-order chi connectivity index (χ0) is 26.0. The molecule has 0 aliphatic carbocycles. The molecule has 2 atom stereocenters. The Morgan fingerprint density at radius 2 is 1.86 bits per heavy atom. The second-order valence-electron chi connectivity index (χ2n) is 9.13.